The molecule has 0 radical (unpaired) electrons. The predicted octanol–water partition coefficient (Wildman–Crippen LogP) is 3.24. The Morgan fingerprint density at radius 3 is 2.18 bits per heavy atom. The van der Waals surface area contributed by atoms with Crippen LogP contribution in [0, 0.1) is 5.92 Å². The van der Waals surface area contributed by atoms with Crippen molar-refractivity contribution in [2.45, 2.75) is 41.5 Å². The molecule has 0 aromatic heterocycles. The van der Waals surface area contributed by atoms with Crippen LogP contribution in [0.1, 0.15) is 36.0 Å². The van der Waals surface area contributed by atoms with E-state index in [0.717, 1.165) is 39.0 Å². The van der Waals surface area contributed by atoms with Gasteiger partial charge in [-0.15, -0.1) is 0 Å². The summed E-state index contributed by atoms with van der Waals surface area (Å²) in [5.41, 5.74) is 0.581. The number of benzene rings is 2. The van der Waals surface area contributed by atoms with Crippen molar-refractivity contribution in [2.75, 3.05) is 40.0 Å². The van der Waals surface area contributed by atoms with Crippen LogP contribution >= 0.6 is 0 Å². The lowest BCUT2D eigenvalue weighted by Crippen LogP contribution is -2.47. The maximum absolute atomic E-state index is 13.1. The molecule has 3 aliphatic rings. The number of ether oxygens (including phenoxy) is 2. The molecule has 5 rings (SSSR count). The molecular weight excluding hydrogens is 440 g/mol. The molecule has 0 unspecified atom stereocenters. The average molecular weight is 471 g/mol. The van der Waals surface area contributed by atoms with Crippen LogP contribution in [0.15, 0.2) is 52.3 Å². The summed E-state index contributed by atoms with van der Waals surface area (Å²) in [6, 6.07) is 11.6. The van der Waals surface area contributed by atoms with Crippen LogP contribution in [-0.4, -0.2) is 70.1 Å². The molecule has 0 bridgehead atoms. The van der Waals surface area contributed by atoms with Gasteiger partial charge in [0.25, 0.3) is 0 Å². The number of carbonyl (C=O) groups is 1. The number of fused-ring (bicyclic) bond motifs is 1. The Labute approximate surface area is 195 Å². The lowest BCUT2D eigenvalue weighted by atomic mass is 9.87. The van der Waals surface area contributed by atoms with Gasteiger partial charge in [-0.3, -0.25) is 4.79 Å². The quantitative estimate of drug-likeness (QED) is 0.621. The largest absolute Gasteiger partial charge is 0.454 e. The molecule has 2 fully saturated rings. The van der Waals surface area contributed by atoms with E-state index in [4.69, 9.17) is 9.47 Å². The van der Waals surface area contributed by atoms with Gasteiger partial charge >= 0.3 is 0 Å². The van der Waals surface area contributed by atoms with Crippen molar-refractivity contribution in [3.8, 4) is 11.5 Å². The maximum atomic E-state index is 13.1. The summed E-state index contributed by atoms with van der Waals surface area (Å²) in [6.45, 7) is 4.30. The highest BCUT2D eigenvalue weighted by Gasteiger charge is 2.31. The second-order valence-corrected chi connectivity index (χ2v) is 11.2. The van der Waals surface area contributed by atoms with Crippen molar-refractivity contribution in [1.29, 1.82) is 0 Å². The zero-order valence-corrected chi connectivity index (χ0v) is 19.7. The minimum absolute atomic E-state index is 0.00355. The average Bonchev–Trinajstić information content (AvgIpc) is 3.32. The molecule has 33 heavy (non-hydrogen) atoms. The van der Waals surface area contributed by atoms with Gasteiger partial charge in [0.05, 0.1) is 9.79 Å². The highest BCUT2D eigenvalue weighted by Crippen LogP contribution is 2.35. The summed E-state index contributed by atoms with van der Waals surface area (Å²) in [6.07, 6.45) is 4.13. The molecule has 0 saturated carbocycles. The van der Waals surface area contributed by atoms with Gasteiger partial charge in [0, 0.05) is 23.6 Å². The van der Waals surface area contributed by atoms with Gasteiger partial charge in [0.15, 0.2) is 17.3 Å². The number of sulfone groups is 1. The van der Waals surface area contributed by atoms with Crippen molar-refractivity contribution in [1.82, 2.24) is 9.80 Å². The first-order valence-electron chi connectivity index (χ1n) is 11.6. The third-order valence-electron chi connectivity index (χ3n) is 7.21. The SMILES string of the molecule is CN1CCC(N2CCC(C(=O)c3ccc(S(=O)(=O)c4ccc5c(c4)OCO5)cc3)CC2)CC1. The molecule has 0 aliphatic carbocycles. The summed E-state index contributed by atoms with van der Waals surface area (Å²) in [5.74, 6) is 1.08. The highest BCUT2D eigenvalue weighted by molar-refractivity contribution is 7.91. The van der Waals surface area contributed by atoms with Crippen LogP contribution in [0.25, 0.3) is 0 Å². The molecule has 2 saturated heterocycles. The van der Waals surface area contributed by atoms with E-state index < -0.39 is 9.84 Å². The summed E-state index contributed by atoms with van der Waals surface area (Å²) in [4.78, 5) is 18.3. The molecule has 3 aliphatic heterocycles. The lowest BCUT2D eigenvalue weighted by molar-refractivity contribution is 0.0685. The van der Waals surface area contributed by atoms with Gasteiger partial charge < -0.3 is 19.3 Å². The molecule has 2 aromatic rings. The molecule has 0 atom stereocenters. The number of piperidine rings is 2. The van der Waals surface area contributed by atoms with Gasteiger partial charge in [0.1, 0.15) is 0 Å². The van der Waals surface area contributed by atoms with Crippen LogP contribution in [0.3, 0.4) is 0 Å². The van der Waals surface area contributed by atoms with Crippen LogP contribution in [0.2, 0.25) is 0 Å². The number of Topliss-reactive ketones (excluding diaryl/α,β-unsaturated/α-hetero) is 1. The first-order valence-corrected chi connectivity index (χ1v) is 13.1. The Hall–Kier alpha value is -2.42. The van der Waals surface area contributed by atoms with E-state index in [9.17, 15) is 13.2 Å². The Morgan fingerprint density at radius 1 is 0.848 bits per heavy atom. The van der Waals surface area contributed by atoms with Crippen LogP contribution in [0.4, 0.5) is 0 Å². The fourth-order valence-corrected chi connectivity index (χ4v) is 6.38. The van der Waals surface area contributed by atoms with E-state index in [1.807, 2.05) is 0 Å². The van der Waals surface area contributed by atoms with Gasteiger partial charge in [-0.1, -0.05) is 12.1 Å². The minimum Gasteiger partial charge on any atom is -0.454 e. The molecule has 176 valence electrons. The monoisotopic (exact) mass is 470 g/mol. The Balaban J connectivity index is 1.23. The molecule has 3 heterocycles. The number of hydrogen-bond acceptors (Lipinski definition) is 7. The molecule has 2 aromatic carbocycles. The zero-order valence-electron chi connectivity index (χ0n) is 18.9. The molecule has 0 N–H and O–H groups in total. The second-order valence-electron chi connectivity index (χ2n) is 9.25. The van der Waals surface area contributed by atoms with Crippen LogP contribution in [0.5, 0.6) is 11.5 Å². The molecule has 7 nitrogen and oxygen atoms in total. The topological polar surface area (TPSA) is 76.2 Å². The van der Waals surface area contributed by atoms with Crippen molar-refractivity contribution < 1.29 is 22.7 Å². The van der Waals surface area contributed by atoms with Gasteiger partial charge in [-0.25, -0.2) is 8.42 Å². The Kier molecular flexibility index (Phi) is 6.16. The second kappa shape index (κ2) is 9.08. The van der Waals surface area contributed by atoms with Crippen molar-refractivity contribution in [3.05, 3.63) is 48.0 Å². The molecule has 8 heteroatoms. The number of carbonyl (C=O) groups excluding carboxylic acids is 1. The fourth-order valence-electron chi connectivity index (χ4n) is 5.10. The molecule has 0 spiro atoms. The van der Waals surface area contributed by atoms with Gasteiger partial charge in [-0.05, 0) is 83.2 Å². The zero-order chi connectivity index (χ0) is 23.0. The molecular formula is C25H30N2O5S. The maximum Gasteiger partial charge on any atom is 0.231 e. The lowest BCUT2D eigenvalue weighted by Gasteiger charge is -2.40. The van der Waals surface area contributed by atoms with Crippen LogP contribution in [-0.2, 0) is 9.84 Å². The van der Waals surface area contributed by atoms with E-state index in [2.05, 4.69) is 16.8 Å². The van der Waals surface area contributed by atoms with E-state index in [1.165, 1.54) is 37.1 Å². The summed E-state index contributed by atoms with van der Waals surface area (Å²) >= 11 is 0. The first-order chi connectivity index (χ1) is 15.9. The highest BCUT2D eigenvalue weighted by atomic mass is 32.2. The van der Waals surface area contributed by atoms with Crippen molar-refractivity contribution in [2.24, 2.45) is 5.92 Å². The van der Waals surface area contributed by atoms with Gasteiger partial charge in [-0.2, -0.15) is 0 Å². The fraction of sp³-hybridized carbons (Fsp3) is 0.480. The third-order valence-corrected chi connectivity index (χ3v) is 8.98. The first kappa shape index (κ1) is 22.4. The standard InChI is InChI=1S/C25H30N2O5S/c1-26-12-10-20(11-13-26)27-14-8-19(9-15-27)25(28)18-2-4-21(5-3-18)33(29,30)22-6-7-23-24(16-22)32-17-31-23/h2-7,16,19-20H,8-15,17H2,1H3. The van der Waals surface area contributed by atoms with E-state index >= 15 is 0 Å². The number of rotatable bonds is 5. The number of likely N-dealkylation sites (tertiary alicyclic amines) is 2. The smallest absolute Gasteiger partial charge is 0.231 e. The Bertz CT molecular complexity index is 1120. The number of hydrogen-bond donors (Lipinski definition) is 0. The third kappa shape index (κ3) is 4.52. The minimum atomic E-state index is -3.71. The van der Waals surface area contributed by atoms with E-state index in [-0.39, 0.29) is 28.3 Å². The van der Waals surface area contributed by atoms with Crippen LogP contribution < -0.4 is 9.47 Å². The normalized spacial score (nSPS) is 20.8. The predicted molar refractivity (Wildman–Crippen MR) is 124 cm³/mol. The number of nitrogens with zero attached hydrogens (tertiary/aromatic N) is 2. The van der Waals surface area contributed by atoms with E-state index in [0.29, 0.717) is 23.1 Å². The Morgan fingerprint density at radius 2 is 1.48 bits per heavy atom. The summed E-state index contributed by atoms with van der Waals surface area (Å²) in [5, 5.41) is 0. The summed E-state index contributed by atoms with van der Waals surface area (Å²) < 4.78 is 36.6. The number of ketones is 1. The van der Waals surface area contributed by atoms with Gasteiger partial charge in [0.2, 0.25) is 16.6 Å². The molecule has 0 amide bonds. The van der Waals surface area contributed by atoms with E-state index in [1.54, 1.807) is 18.2 Å². The van der Waals surface area contributed by atoms with Crippen molar-refractivity contribution in [3.63, 3.8) is 0 Å². The van der Waals surface area contributed by atoms with Crippen molar-refractivity contribution >= 4 is 15.6 Å². The summed E-state index contributed by atoms with van der Waals surface area (Å²) in [7, 11) is -1.54.